The molecule has 0 aromatic heterocycles. The van der Waals surface area contributed by atoms with Gasteiger partial charge >= 0.3 is 0 Å². The third-order valence-corrected chi connectivity index (χ3v) is 4.56. The minimum Gasteiger partial charge on any atom is -0.493 e. The van der Waals surface area contributed by atoms with Crippen LogP contribution in [0.1, 0.15) is 27.6 Å². The Balaban J connectivity index is 1.61. The molecule has 3 aromatic rings. The minimum absolute atomic E-state index is 0.299. The molecule has 0 radical (unpaired) electrons. The number of anilines is 2. The van der Waals surface area contributed by atoms with E-state index in [1.165, 1.54) is 0 Å². The summed E-state index contributed by atoms with van der Waals surface area (Å²) in [5, 5.41) is 6.06. The highest BCUT2D eigenvalue weighted by Crippen LogP contribution is 2.38. The molecule has 0 fully saturated rings. The summed E-state index contributed by atoms with van der Waals surface area (Å²) in [6.07, 6.45) is 0. The summed E-state index contributed by atoms with van der Waals surface area (Å²) in [7, 11) is 0. The number of benzene rings is 3. The van der Waals surface area contributed by atoms with Crippen LogP contribution in [0.25, 0.3) is 0 Å². The highest BCUT2D eigenvalue weighted by molar-refractivity contribution is 6.31. The number of amides is 2. The van der Waals surface area contributed by atoms with Crippen LogP contribution in [0.2, 0.25) is 5.02 Å². The van der Waals surface area contributed by atoms with E-state index in [4.69, 9.17) is 21.1 Å². The van der Waals surface area contributed by atoms with Gasteiger partial charge in [0.25, 0.3) is 11.8 Å². The van der Waals surface area contributed by atoms with Crippen molar-refractivity contribution in [3.05, 3.63) is 76.8 Å². The Hall–Kier alpha value is -3.51. The number of para-hydroxylation sites is 1. The van der Waals surface area contributed by atoms with Gasteiger partial charge < -0.3 is 20.1 Å². The summed E-state index contributed by atoms with van der Waals surface area (Å²) >= 11 is 6.00. The van der Waals surface area contributed by atoms with Crippen LogP contribution in [-0.2, 0) is 0 Å². The molecule has 3 aromatic carbocycles. The summed E-state index contributed by atoms with van der Waals surface area (Å²) in [6.45, 7) is 2.30. The van der Waals surface area contributed by atoms with Crippen molar-refractivity contribution in [1.82, 2.24) is 0 Å². The summed E-state index contributed by atoms with van der Waals surface area (Å²) in [5.74, 6) is 0.682. The molecule has 6 nitrogen and oxygen atoms in total. The predicted molar refractivity (Wildman–Crippen MR) is 111 cm³/mol. The van der Waals surface area contributed by atoms with Gasteiger partial charge in [0, 0.05) is 10.7 Å². The Kier molecular flexibility index (Phi) is 5.10. The number of hydrogen-bond donors (Lipinski definition) is 2. The van der Waals surface area contributed by atoms with Crippen LogP contribution in [-0.4, -0.2) is 18.4 Å². The molecule has 2 amide bonds. The first-order valence-electron chi connectivity index (χ1n) is 9.01. The largest absolute Gasteiger partial charge is 0.493 e. The quantitative estimate of drug-likeness (QED) is 0.610. The molecular formula is C22H17ClN2O4. The van der Waals surface area contributed by atoms with Crippen molar-refractivity contribution < 1.29 is 19.1 Å². The summed E-state index contributed by atoms with van der Waals surface area (Å²) in [6, 6.07) is 16.9. The molecule has 0 saturated heterocycles. The fourth-order valence-electron chi connectivity index (χ4n) is 3.01. The average molecular weight is 409 g/mol. The molecule has 1 aliphatic rings. The minimum atomic E-state index is -0.355. The number of fused-ring (bicyclic) bond motifs is 2. The fraction of sp³-hybridized carbons (Fsp3) is 0.0909. The Labute approximate surface area is 172 Å². The third kappa shape index (κ3) is 3.88. The van der Waals surface area contributed by atoms with Crippen LogP contribution < -0.4 is 20.1 Å². The normalized spacial score (nSPS) is 12.0. The molecule has 0 aliphatic carbocycles. The Morgan fingerprint density at radius 3 is 2.72 bits per heavy atom. The Morgan fingerprint density at radius 2 is 1.90 bits per heavy atom. The number of carbonyl (C=O) groups is 2. The van der Waals surface area contributed by atoms with E-state index in [9.17, 15) is 9.59 Å². The van der Waals surface area contributed by atoms with Gasteiger partial charge in [-0.3, -0.25) is 9.59 Å². The first kappa shape index (κ1) is 18.8. The zero-order chi connectivity index (χ0) is 20.4. The monoisotopic (exact) mass is 408 g/mol. The van der Waals surface area contributed by atoms with Crippen LogP contribution in [0.4, 0.5) is 11.4 Å². The van der Waals surface area contributed by atoms with Crippen molar-refractivity contribution >= 4 is 34.8 Å². The van der Waals surface area contributed by atoms with E-state index in [2.05, 4.69) is 10.6 Å². The van der Waals surface area contributed by atoms with Crippen LogP contribution >= 0.6 is 11.6 Å². The zero-order valence-electron chi connectivity index (χ0n) is 15.5. The highest BCUT2D eigenvalue weighted by atomic mass is 35.5. The Bertz CT molecular complexity index is 1110. The second-order valence-corrected chi connectivity index (χ2v) is 6.73. The van der Waals surface area contributed by atoms with Crippen LogP contribution in [0.15, 0.2) is 60.7 Å². The maximum absolute atomic E-state index is 12.7. The van der Waals surface area contributed by atoms with Gasteiger partial charge in [-0.05, 0) is 55.5 Å². The lowest BCUT2D eigenvalue weighted by Crippen LogP contribution is -2.15. The van der Waals surface area contributed by atoms with E-state index < -0.39 is 0 Å². The lowest BCUT2D eigenvalue weighted by atomic mass is 10.1. The number of ether oxygens (including phenoxy) is 2. The van der Waals surface area contributed by atoms with Crippen LogP contribution in [0, 0.1) is 0 Å². The molecule has 0 bridgehead atoms. The van der Waals surface area contributed by atoms with Crippen molar-refractivity contribution in [1.29, 1.82) is 0 Å². The molecule has 1 aliphatic heterocycles. The molecule has 4 rings (SSSR count). The molecule has 7 heteroatoms. The number of carbonyl (C=O) groups excluding carboxylic acids is 2. The molecule has 0 saturated carbocycles. The number of rotatable bonds is 4. The Morgan fingerprint density at radius 1 is 1.10 bits per heavy atom. The molecule has 0 atom stereocenters. The smallest absolute Gasteiger partial charge is 0.259 e. The molecule has 1 heterocycles. The maximum Gasteiger partial charge on any atom is 0.259 e. The van der Waals surface area contributed by atoms with E-state index in [1.807, 2.05) is 6.92 Å². The van der Waals surface area contributed by atoms with Gasteiger partial charge in [-0.15, -0.1) is 0 Å². The first-order valence-corrected chi connectivity index (χ1v) is 9.39. The van der Waals surface area contributed by atoms with E-state index in [1.54, 1.807) is 60.7 Å². The summed E-state index contributed by atoms with van der Waals surface area (Å²) in [4.78, 5) is 25.4. The highest BCUT2D eigenvalue weighted by Gasteiger charge is 2.22. The predicted octanol–water partition coefficient (Wildman–Crippen LogP) is 5.35. The molecule has 2 N–H and O–H groups in total. The standard InChI is InChI=1S/C22H17ClN2O4/c1-2-28-18-6-4-3-5-15(18)21(26)24-14-8-10-19-16(12-14)22(27)25-17-11-13(23)7-9-20(17)29-19/h3-12H,2H2,1H3,(H,24,26)(H,25,27). The van der Waals surface area contributed by atoms with Crippen LogP contribution in [0.3, 0.4) is 0 Å². The van der Waals surface area contributed by atoms with E-state index >= 15 is 0 Å². The maximum atomic E-state index is 12.7. The van der Waals surface area contributed by atoms with Crippen molar-refractivity contribution in [3.63, 3.8) is 0 Å². The van der Waals surface area contributed by atoms with Gasteiger partial charge in [-0.2, -0.15) is 0 Å². The van der Waals surface area contributed by atoms with E-state index in [-0.39, 0.29) is 11.8 Å². The number of halogens is 1. The van der Waals surface area contributed by atoms with E-state index in [0.717, 1.165) is 0 Å². The topological polar surface area (TPSA) is 76.7 Å². The zero-order valence-corrected chi connectivity index (χ0v) is 16.2. The van der Waals surface area contributed by atoms with Crippen molar-refractivity contribution in [2.75, 3.05) is 17.2 Å². The van der Waals surface area contributed by atoms with Crippen LogP contribution in [0.5, 0.6) is 17.2 Å². The fourth-order valence-corrected chi connectivity index (χ4v) is 3.18. The van der Waals surface area contributed by atoms with Gasteiger partial charge in [0.15, 0.2) is 5.75 Å². The first-order chi connectivity index (χ1) is 14.0. The second-order valence-electron chi connectivity index (χ2n) is 6.29. The van der Waals surface area contributed by atoms with Gasteiger partial charge in [0.2, 0.25) is 0 Å². The number of nitrogens with one attached hydrogen (secondary N) is 2. The second kappa shape index (κ2) is 7.85. The third-order valence-electron chi connectivity index (χ3n) is 4.32. The summed E-state index contributed by atoms with van der Waals surface area (Å²) < 4.78 is 11.4. The van der Waals surface area contributed by atoms with Crippen molar-refractivity contribution in [2.24, 2.45) is 0 Å². The van der Waals surface area contributed by atoms with Crippen molar-refractivity contribution in [2.45, 2.75) is 6.92 Å². The molecule has 29 heavy (non-hydrogen) atoms. The van der Waals surface area contributed by atoms with Gasteiger partial charge in [0.05, 0.1) is 23.4 Å². The van der Waals surface area contributed by atoms with Crippen molar-refractivity contribution in [3.8, 4) is 17.2 Å². The lowest BCUT2D eigenvalue weighted by molar-refractivity contribution is 0.101. The summed E-state index contributed by atoms with van der Waals surface area (Å²) in [5.41, 5.74) is 1.65. The van der Waals surface area contributed by atoms with Gasteiger partial charge in [-0.25, -0.2) is 0 Å². The molecule has 0 spiro atoms. The van der Waals surface area contributed by atoms with Gasteiger partial charge in [0.1, 0.15) is 11.5 Å². The number of hydrogen-bond acceptors (Lipinski definition) is 4. The molecular weight excluding hydrogens is 392 g/mol. The lowest BCUT2D eigenvalue weighted by Gasteiger charge is -2.12. The van der Waals surface area contributed by atoms with Gasteiger partial charge in [-0.1, -0.05) is 23.7 Å². The van der Waals surface area contributed by atoms with E-state index in [0.29, 0.717) is 51.4 Å². The molecule has 0 unspecified atom stereocenters. The average Bonchev–Trinajstić information content (AvgIpc) is 2.84. The molecule has 146 valence electrons. The SMILES string of the molecule is CCOc1ccccc1C(=O)Nc1ccc2c(c1)C(=O)Nc1cc(Cl)ccc1O2.